The lowest BCUT2D eigenvalue weighted by Gasteiger charge is -2.37. The molecule has 0 amide bonds. The van der Waals surface area contributed by atoms with Gasteiger partial charge in [-0.1, -0.05) is 0 Å². The highest BCUT2D eigenvalue weighted by Gasteiger charge is 2.46. The Morgan fingerprint density at radius 3 is 0.944 bits per heavy atom. The van der Waals surface area contributed by atoms with Crippen LogP contribution in [0.15, 0.2) is 0 Å². The van der Waals surface area contributed by atoms with Crippen molar-refractivity contribution >= 4 is 77.2 Å². The van der Waals surface area contributed by atoms with E-state index in [0.29, 0.717) is 0 Å². The molecule has 5 N–H and O–H groups in total. The first kappa shape index (κ1) is 19.9. The fourth-order valence-electron chi connectivity index (χ4n) is 1.05. The Balaban J connectivity index is 0.000000411. The Morgan fingerprint density at radius 1 is 0.778 bits per heavy atom. The fourth-order valence-corrected chi connectivity index (χ4v) is 3.38. The fraction of sp³-hybridized carbons (Fsp3) is 1.00. The lowest BCUT2D eigenvalue weighted by Crippen LogP contribution is -2.52. The van der Waals surface area contributed by atoms with Crippen molar-refractivity contribution in [3.8, 4) is 0 Å². The van der Waals surface area contributed by atoms with Gasteiger partial charge < -0.3 is 0 Å². The molecule has 4 nitrogen and oxygen atoms in total. The minimum absolute atomic E-state index is 0.437. The average Bonchev–Trinajstić information content (AvgIpc) is 2.31. The molecule has 1 saturated carbocycles. The first-order valence-electron chi connectivity index (χ1n) is 4.73. The quantitative estimate of drug-likeness (QED) is 0.468. The molecule has 0 bridgehead atoms. The summed E-state index contributed by atoms with van der Waals surface area (Å²) in [5.41, 5.74) is 9.51. The Kier molecular flexibility index (Phi) is 9.19. The largest absolute Gasteiger partial charge is 0.273 e. The SMILES string of the molecule is CNP(N)(N)=O.Cl[C@H]1[C@H](Cl)[C@@H](Cl)[C@@H](Cl)[C@H](Cl)[C@H]1Cl. The van der Waals surface area contributed by atoms with Crippen LogP contribution < -0.4 is 16.1 Å². The Bertz CT molecular complexity index is 246. The molecule has 0 aliphatic heterocycles. The number of hydrogen-bond acceptors (Lipinski definition) is 1. The van der Waals surface area contributed by atoms with Gasteiger partial charge in [-0.15, -0.1) is 69.6 Å². The predicted octanol–water partition coefficient (Wildman–Crippen LogP) is 2.88. The van der Waals surface area contributed by atoms with E-state index in [1.165, 1.54) is 7.05 Å². The van der Waals surface area contributed by atoms with Gasteiger partial charge in [-0.05, 0) is 7.05 Å². The summed E-state index contributed by atoms with van der Waals surface area (Å²) >= 11 is 35.3. The molecule has 1 rings (SSSR count). The molecule has 1 fully saturated rings. The van der Waals surface area contributed by atoms with E-state index in [0.717, 1.165) is 0 Å². The van der Waals surface area contributed by atoms with E-state index >= 15 is 0 Å². The molecule has 0 saturated heterocycles. The van der Waals surface area contributed by atoms with Crippen molar-refractivity contribution in [3.05, 3.63) is 0 Å². The molecule has 0 unspecified atom stereocenters. The van der Waals surface area contributed by atoms with Crippen molar-refractivity contribution in [2.75, 3.05) is 7.05 Å². The highest BCUT2D eigenvalue weighted by atomic mass is 35.5. The van der Waals surface area contributed by atoms with Crippen molar-refractivity contribution in [1.29, 1.82) is 0 Å². The third-order valence-electron chi connectivity index (χ3n) is 2.17. The summed E-state index contributed by atoms with van der Waals surface area (Å²) < 4.78 is 10.0. The molecule has 1 aliphatic carbocycles. The zero-order chi connectivity index (χ0) is 14.7. The Labute approximate surface area is 136 Å². The Hall–Kier alpha value is 1.85. The highest BCUT2D eigenvalue weighted by molar-refractivity contribution is 7.56. The van der Waals surface area contributed by atoms with Gasteiger partial charge in [0.2, 0.25) is 0 Å². The molecule has 0 aromatic heterocycles. The van der Waals surface area contributed by atoms with Crippen LogP contribution in [0.2, 0.25) is 0 Å². The second-order valence-corrected chi connectivity index (χ2v) is 8.49. The van der Waals surface area contributed by atoms with Gasteiger partial charge in [-0.2, -0.15) is 0 Å². The van der Waals surface area contributed by atoms with Gasteiger partial charge in [0.25, 0.3) is 7.59 Å². The maximum absolute atomic E-state index is 10.0. The van der Waals surface area contributed by atoms with Crippen molar-refractivity contribution in [1.82, 2.24) is 5.09 Å². The van der Waals surface area contributed by atoms with Crippen LogP contribution in [0.4, 0.5) is 0 Å². The van der Waals surface area contributed by atoms with Crippen LogP contribution >= 0.6 is 77.2 Å². The molecule has 0 aromatic carbocycles. The van der Waals surface area contributed by atoms with Crippen molar-refractivity contribution in [2.24, 2.45) is 11.0 Å². The maximum atomic E-state index is 10.0. The minimum Gasteiger partial charge on any atom is -0.271 e. The second kappa shape index (κ2) is 8.33. The third-order valence-corrected chi connectivity index (χ3v) is 6.91. The number of alkyl halides is 6. The Morgan fingerprint density at radius 2 is 0.889 bits per heavy atom. The first-order valence-corrected chi connectivity index (χ1v) is 9.20. The van der Waals surface area contributed by atoms with Gasteiger partial charge in [0.1, 0.15) is 0 Å². The number of halogens is 6. The highest BCUT2D eigenvalue weighted by Crippen LogP contribution is 2.39. The van der Waals surface area contributed by atoms with E-state index < -0.39 is 39.9 Å². The molecule has 0 radical (unpaired) electrons. The molecular formula is C7H14Cl6N3OP. The summed E-state index contributed by atoms with van der Waals surface area (Å²) in [4.78, 5) is 0. The summed E-state index contributed by atoms with van der Waals surface area (Å²) in [6, 6.07) is 0. The van der Waals surface area contributed by atoms with Crippen LogP contribution in [0.1, 0.15) is 0 Å². The van der Waals surface area contributed by atoms with Gasteiger partial charge in [-0.25, -0.2) is 5.09 Å². The molecule has 110 valence electrons. The van der Waals surface area contributed by atoms with Crippen molar-refractivity contribution in [3.63, 3.8) is 0 Å². The van der Waals surface area contributed by atoms with Crippen LogP contribution in [0.5, 0.6) is 0 Å². The van der Waals surface area contributed by atoms with E-state index in [2.05, 4.69) is 5.09 Å². The van der Waals surface area contributed by atoms with Crippen LogP contribution in [-0.4, -0.2) is 39.3 Å². The zero-order valence-corrected chi connectivity index (χ0v) is 14.7. The average molecular weight is 400 g/mol. The van der Waals surface area contributed by atoms with Gasteiger partial charge in [0.05, 0.1) is 32.3 Å². The van der Waals surface area contributed by atoms with Gasteiger partial charge in [0, 0.05) is 0 Å². The summed E-state index contributed by atoms with van der Waals surface area (Å²) in [5, 5.41) is -0.405. The van der Waals surface area contributed by atoms with Crippen LogP contribution in [0, 0.1) is 0 Å². The molecule has 0 aromatic rings. The summed E-state index contributed by atoms with van der Waals surface area (Å²) in [6.07, 6.45) is 0. The number of hydrogen-bond donors (Lipinski definition) is 3. The third kappa shape index (κ3) is 6.09. The monoisotopic (exact) mass is 397 g/mol. The lowest BCUT2D eigenvalue weighted by molar-refractivity contribution is 0.544. The number of nitrogens with one attached hydrogen (secondary N) is 1. The molecule has 0 atom stereocenters. The van der Waals surface area contributed by atoms with Gasteiger partial charge in [-0.3, -0.25) is 15.6 Å². The van der Waals surface area contributed by atoms with Crippen molar-refractivity contribution in [2.45, 2.75) is 32.3 Å². The van der Waals surface area contributed by atoms with E-state index in [1.54, 1.807) is 0 Å². The zero-order valence-electron chi connectivity index (χ0n) is 9.24. The van der Waals surface area contributed by atoms with E-state index in [9.17, 15) is 4.57 Å². The minimum atomic E-state index is -2.90. The number of nitrogens with two attached hydrogens (primary N) is 2. The topological polar surface area (TPSA) is 81.1 Å². The first-order chi connectivity index (χ1) is 8.02. The van der Waals surface area contributed by atoms with Crippen LogP contribution in [0.25, 0.3) is 0 Å². The van der Waals surface area contributed by atoms with Crippen molar-refractivity contribution < 1.29 is 4.57 Å². The molecule has 18 heavy (non-hydrogen) atoms. The molecule has 0 heterocycles. The molecule has 1 aliphatic rings. The summed E-state index contributed by atoms with van der Waals surface area (Å²) in [6.45, 7) is 0. The predicted molar refractivity (Wildman–Crippen MR) is 82.9 cm³/mol. The smallest absolute Gasteiger partial charge is 0.271 e. The second-order valence-electron chi connectivity index (χ2n) is 3.60. The summed E-state index contributed by atoms with van der Waals surface area (Å²) in [5.74, 6) is 0. The van der Waals surface area contributed by atoms with E-state index in [-0.39, 0.29) is 0 Å². The van der Waals surface area contributed by atoms with Gasteiger partial charge in [0.15, 0.2) is 0 Å². The molecule has 0 spiro atoms. The van der Waals surface area contributed by atoms with Gasteiger partial charge >= 0.3 is 0 Å². The van der Waals surface area contributed by atoms with E-state index in [1.807, 2.05) is 0 Å². The number of rotatable bonds is 1. The lowest BCUT2D eigenvalue weighted by atomic mass is 9.97. The van der Waals surface area contributed by atoms with Crippen LogP contribution in [-0.2, 0) is 4.57 Å². The summed E-state index contributed by atoms with van der Waals surface area (Å²) in [7, 11) is -1.45. The van der Waals surface area contributed by atoms with E-state index in [4.69, 9.17) is 80.6 Å². The molecule has 11 heteroatoms. The maximum Gasteiger partial charge on any atom is 0.273 e. The standard InChI is InChI=1S/C6H6Cl6.CH8N3OP/c7-1-2(8)4(10)6(12)5(11)3(1)9;1-4-6(2,3)5/h1-6H;1H3,(H5,2,3,4,5)/t1-,2-,3-,4+,5+,6+;. The molecular weight excluding hydrogens is 386 g/mol. The van der Waals surface area contributed by atoms with Crippen LogP contribution in [0.3, 0.4) is 0 Å². The normalized spacial score (nSPS) is 40.9.